The fourth-order valence-corrected chi connectivity index (χ4v) is 1.47. The van der Waals surface area contributed by atoms with Crippen molar-refractivity contribution in [1.82, 2.24) is 9.97 Å². The van der Waals surface area contributed by atoms with Crippen molar-refractivity contribution >= 4 is 23.0 Å². The Labute approximate surface area is 100 Å². The van der Waals surface area contributed by atoms with Gasteiger partial charge in [-0.3, -0.25) is 0 Å². The molecular formula is C12H15N5. The fourth-order valence-electron chi connectivity index (χ4n) is 1.47. The van der Waals surface area contributed by atoms with Gasteiger partial charge in [-0.15, -0.1) is 0 Å². The van der Waals surface area contributed by atoms with Crippen LogP contribution in [0.4, 0.5) is 23.0 Å². The Morgan fingerprint density at radius 3 is 2.76 bits per heavy atom. The van der Waals surface area contributed by atoms with Crippen LogP contribution in [0.25, 0.3) is 0 Å². The second-order valence-electron chi connectivity index (χ2n) is 3.57. The average Bonchev–Trinajstić information content (AvgIpc) is 2.30. The first-order valence-electron chi connectivity index (χ1n) is 5.46. The van der Waals surface area contributed by atoms with Gasteiger partial charge in [0.15, 0.2) is 0 Å². The molecule has 0 radical (unpaired) electrons. The van der Waals surface area contributed by atoms with Crippen LogP contribution in [0.2, 0.25) is 0 Å². The van der Waals surface area contributed by atoms with E-state index in [1.54, 1.807) is 0 Å². The topological polar surface area (TPSA) is 75.9 Å². The highest BCUT2D eigenvalue weighted by Gasteiger charge is 1.98. The fraction of sp³-hybridized carbons (Fsp3) is 0.167. The lowest BCUT2D eigenvalue weighted by Crippen LogP contribution is -2.01. The van der Waals surface area contributed by atoms with Crippen molar-refractivity contribution in [2.45, 2.75) is 6.92 Å². The first-order chi connectivity index (χ1) is 8.28. The van der Waals surface area contributed by atoms with Gasteiger partial charge < -0.3 is 16.4 Å². The van der Waals surface area contributed by atoms with Gasteiger partial charge in [0.1, 0.15) is 18.0 Å². The molecule has 5 nitrogen and oxygen atoms in total. The summed E-state index contributed by atoms with van der Waals surface area (Å²) in [7, 11) is 0. The molecule has 0 saturated carbocycles. The van der Waals surface area contributed by atoms with Crippen molar-refractivity contribution in [3.05, 3.63) is 36.7 Å². The number of hydrogen-bond donors (Lipinski definition) is 3. The molecular weight excluding hydrogens is 214 g/mol. The van der Waals surface area contributed by atoms with Crippen LogP contribution in [-0.2, 0) is 0 Å². The summed E-state index contributed by atoms with van der Waals surface area (Å²) in [6.45, 7) is 2.85. The van der Waals surface area contributed by atoms with Crippen LogP contribution in [0.5, 0.6) is 0 Å². The molecule has 0 aliphatic heterocycles. The van der Waals surface area contributed by atoms with E-state index in [0.717, 1.165) is 29.6 Å². The van der Waals surface area contributed by atoms with E-state index >= 15 is 0 Å². The minimum absolute atomic E-state index is 0.718. The molecule has 1 aromatic carbocycles. The molecule has 0 fully saturated rings. The zero-order valence-corrected chi connectivity index (χ0v) is 9.64. The molecule has 88 valence electrons. The summed E-state index contributed by atoms with van der Waals surface area (Å²) in [5.41, 5.74) is 7.33. The second-order valence-corrected chi connectivity index (χ2v) is 3.57. The number of hydrogen-bond acceptors (Lipinski definition) is 5. The van der Waals surface area contributed by atoms with Crippen LogP contribution < -0.4 is 16.4 Å². The number of nitrogens with two attached hydrogens (primary N) is 1. The SMILES string of the molecule is CCNc1cc(Nc2cccc(N)c2)ncn1. The summed E-state index contributed by atoms with van der Waals surface area (Å²) < 4.78 is 0. The smallest absolute Gasteiger partial charge is 0.135 e. The Hall–Kier alpha value is -2.30. The normalized spacial score (nSPS) is 9.94. The van der Waals surface area contributed by atoms with Gasteiger partial charge in [-0.25, -0.2) is 9.97 Å². The largest absolute Gasteiger partial charge is 0.399 e. The number of aromatic nitrogens is 2. The Balaban J connectivity index is 2.15. The van der Waals surface area contributed by atoms with Crippen LogP contribution in [0.3, 0.4) is 0 Å². The summed E-state index contributed by atoms with van der Waals surface area (Å²) in [6.07, 6.45) is 1.52. The van der Waals surface area contributed by atoms with E-state index in [1.807, 2.05) is 37.3 Å². The third-order valence-electron chi connectivity index (χ3n) is 2.18. The molecule has 0 aliphatic rings. The Morgan fingerprint density at radius 2 is 2.00 bits per heavy atom. The summed E-state index contributed by atoms with van der Waals surface area (Å²) in [5.74, 6) is 1.54. The molecule has 0 spiro atoms. The Kier molecular flexibility index (Phi) is 3.40. The Bertz CT molecular complexity index is 498. The number of rotatable bonds is 4. The number of nitrogens with one attached hydrogen (secondary N) is 2. The van der Waals surface area contributed by atoms with Crippen LogP contribution in [0.1, 0.15) is 6.92 Å². The van der Waals surface area contributed by atoms with Crippen LogP contribution >= 0.6 is 0 Å². The first kappa shape index (κ1) is 11.2. The number of nitrogen functional groups attached to an aromatic ring is 1. The van der Waals surface area contributed by atoms with Crippen LogP contribution in [0.15, 0.2) is 36.7 Å². The molecule has 0 amide bonds. The summed E-state index contributed by atoms with van der Waals surface area (Å²) >= 11 is 0. The van der Waals surface area contributed by atoms with Gasteiger partial charge in [0.05, 0.1) is 0 Å². The van der Waals surface area contributed by atoms with Crippen LogP contribution in [-0.4, -0.2) is 16.5 Å². The molecule has 1 aromatic heterocycles. The lowest BCUT2D eigenvalue weighted by molar-refractivity contribution is 1.11. The maximum atomic E-state index is 5.70. The van der Waals surface area contributed by atoms with Crippen molar-refractivity contribution in [3.8, 4) is 0 Å². The monoisotopic (exact) mass is 229 g/mol. The van der Waals surface area contributed by atoms with Gasteiger partial charge in [-0.05, 0) is 25.1 Å². The Morgan fingerprint density at radius 1 is 1.18 bits per heavy atom. The highest BCUT2D eigenvalue weighted by molar-refractivity contribution is 5.62. The van der Waals surface area contributed by atoms with Gasteiger partial charge in [0.2, 0.25) is 0 Å². The molecule has 4 N–H and O–H groups in total. The minimum Gasteiger partial charge on any atom is -0.399 e. The van der Waals surface area contributed by atoms with Gasteiger partial charge in [0, 0.05) is 24.0 Å². The molecule has 0 atom stereocenters. The van der Waals surface area contributed by atoms with Gasteiger partial charge in [-0.1, -0.05) is 6.07 Å². The second kappa shape index (κ2) is 5.16. The first-order valence-corrected chi connectivity index (χ1v) is 5.46. The molecule has 0 bridgehead atoms. The van der Waals surface area contributed by atoms with Crippen molar-refractivity contribution in [2.75, 3.05) is 22.9 Å². The highest BCUT2D eigenvalue weighted by Crippen LogP contribution is 2.18. The molecule has 2 aromatic rings. The third-order valence-corrected chi connectivity index (χ3v) is 2.18. The minimum atomic E-state index is 0.718. The van der Waals surface area contributed by atoms with E-state index in [2.05, 4.69) is 20.6 Å². The van der Waals surface area contributed by atoms with E-state index in [0.29, 0.717) is 0 Å². The van der Waals surface area contributed by atoms with Crippen molar-refractivity contribution in [1.29, 1.82) is 0 Å². The van der Waals surface area contributed by atoms with E-state index < -0.39 is 0 Å². The average molecular weight is 229 g/mol. The molecule has 1 heterocycles. The molecule has 17 heavy (non-hydrogen) atoms. The zero-order chi connectivity index (χ0) is 12.1. The van der Waals surface area contributed by atoms with E-state index in [1.165, 1.54) is 6.33 Å². The van der Waals surface area contributed by atoms with Crippen LogP contribution in [0, 0.1) is 0 Å². The van der Waals surface area contributed by atoms with Crippen molar-refractivity contribution in [2.24, 2.45) is 0 Å². The van der Waals surface area contributed by atoms with E-state index in [9.17, 15) is 0 Å². The molecule has 0 aliphatic carbocycles. The standard InChI is InChI=1S/C12H15N5/c1-2-14-11-7-12(16-8-15-11)17-10-5-3-4-9(13)6-10/h3-8H,2,13H2,1H3,(H2,14,15,16,17). The predicted molar refractivity (Wildman–Crippen MR) is 70.3 cm³/mol. The molecule has 2 rings (SSSR count). The zero-order valence-electron chi connectivity index (χ0n) is 9.64. The highest BCUT2D eigenvalue weighted by atomic mass is 15.1. The predicted octanol–water partition coefficient (Wildman–Crippen LogP) is 2.23. The van der Waals surface area contributed by atoms with Gasteiger partial charge in [-0.2, -0.15) is 0 Å². The van der Waals surface area contributed by atoms with E-state index in [4.69, 9.17) is 5.73 Å². The van der Waals surface area contributed by atoms with Gasteiger partial charge >= 0.3 is 0 Å². The summed E-state index contributed by atoms with van der Waals surface area (Å²) in [4.78, 5) is 8.24. The quantitative estimate of drug-likeness (QED) is 0.701. The number of benzene rings is 1. The third kappa shape index (κ3) is 3.07. The lowest BCUT2D eigenvalue weighted by atomic mass is 10.3. The molecule has 5 heteroatoms. The summed E-state index contributed by atoms with van der Waals surface area (Å²) in [5, 5.41) is 6.30. The van der Waals surface area contributed by atoms with Crippen molar-refractivity contribution < 1.29 is 0 Å². The summed E-state index contributed by atoms with van der Waals surface area (Å²) in [6, 6.07) is 9.38. The van der Waals surface area contributed by atoms with Crippen molar-refractivity contribution in [3.63, 3.8) is 0 Å². The van der Waals surface area contributed by atoms with E-state index in [-0.39, 0.29) is 0 Å². The molecule has 0 saturated heterocycles. The van der Waals surface area contributed by atoms with Gasteiger partial charge in [0.25, 0.3) is 0 Å². The molecule has 0 unspecified atom stereocenters. The number of anilines is 4. The number of nitrogens with zero attached hydrogens (tertiary/aromatic N) is 2. The lowest BCUT2D eigenvalue weighted by Gasteiger charge is -2.07. The maximum Gasteiger partial charge on any atom is 0.135 e. The maximum absolute atomic E-state index is 5.70.